The zero-order valence-corrected chi connectivity index (χ0v) is 13.5. The van der Waals surface area contributed by atoms with Gasteiger partial charge in [0.25, 0.3) is 5.91 Å². The van der Waals surface area contributed by atoms with E-state index < -0.39 is 5.97 Å². The van der Waals surface area contributed by atoms with Crippen molar-refractivity contribution in [2.45, 2.75) is 19.3 Å². The maximum Gasteiger partial charge on any atom is 0.338 e. The number of ether oxygens (including phenoxy) is 2. The molecule has 3 rings (SSSR count). The first-order valence-electron chi connectivity index (χ1n) is 7.88. The standard InChI is InChI=1S/C19H19NO4/c1-23-17-9-6-14(7-10-17)19(22)24-12-18(21)20-16-8-5-13-3-2-4-15(13)11-16/h5-11H,2-4,12H2,1H3,(H,20,21). The van der Waals surface area contributed by atoms with Crippen molar-refractivity contribution in [2.75, 3.05) is 19.0 Å². The van der Waals surface area contributed by atoms with Crippen LogP contribution in [0.25, 0.3) is 0 Å². The van der Waals surface area contributed by atoms with E-state index >= 15 is 0 Å². The van der Waals surface area contributed by atoms with Crippen molar-refractivity contribution in [3.05, 3.63) is 59.2 Å². The number of hydrogen-bond acceptors (Lipinski definition) is 4. The number of benzene rings is 2. The Labute approximate surface area is 140 Å². The van der Waals surface area contributed by atoms with Gasteiger partial charge in [-0.15, -0.1) is 0 Å². The summed E-state index contributed by atoms with van der Waals surface area (Å²) < 4.78 is 10.1. The number of nitrogens with one attached hydrogen (secondary N) is 1. The molecule has 1 aliphatic carbocycles. The summed E-state index contributed by atoms with van der Waals surface area (Å²) in [6.45, 7) is -0.318. The van der Waals surface area contributed by atoms with Crippen molar-refractivity contribution < 1.29 is 19.1 Å². The smallest absolute Gasteiger partial charge is 0.338 e. The lowest BCUT2D eigenvalue weighted by Crippen LogP contribution is -2.21. The number of anilines is 1. The van der Waals surface area contributed by atoms with Gasteiger partial charge in [-0.1, -0.05) is 6.07 Å². The van der Waals surface area contributed by atoms with E-state index in [9.17, 15) is 9.59 Å². The SMILES string of the molecule is COc1ccc(C(=O)OCC(=O)Nc2ccc3c(c2)CCC3)cc1. The summed E-state index contributed by atoms with van der Waals surface area (Å²) in [4.78, 5) is 23.9. The highest BCUT2D eigenvalue weighted by molar-refractivity contribution is 5.95. The number of rotatable bonds is 5. The molecular formula is C19H19NO4. The predicted octanol–water partition coefficient (Wildman–Crippen LogP) is 2.98. The van der Waals surface area contributed by atoms with Crippen molar-refractivity contribution in [3.63, 3.8) is 0 Å². The zero-order chi connectivity index (χ0) is 16.9. The van der Waals surface area contributed by atoms with E-state index in [0.29, 0.717) is 11.3 Å². The zero-order valence-electron chi connectivity index (χ0n) is 13.5. The third-order valence-corrected chi connectivity index (χ3v) is 4.04. The third kappa shape index (κ3) is 3.74. The third-order valence-electron chi connectivity index (χ3n) is 4.04. The number of amides is 1. The van der Waals surface area contributed by atoms with E-state index in [1.165, 1.54) is 11.1 Å². The van der Waals surface area contributed by atoms with Crippen LogP contribution in [0.1, 0.15) is 27.9 Å². The molecule has 0 radical (unpaired) electrons. The predicted molar refractivity (Wildman–Crippen MR) is 90.4 cm³/mol. The highest BCUT2D eigenvalue weighted by Crippen LogP contribution is 2.24. The summed E-state index contributed by atoms with van der Waals surface area (Å²) in [5.41, 5.74) is 3.74. The topological polar surface area (TPSA) is 64.6 Å². The monoisotopic (exact) mass is 325 g/mol. The van der Waals surface area contributed by atoms with E-state index in [-0.39, 0.29) is 12.5 Å². The first-order valence-corrected chi connectivity index (χ1v) is 7.88. The van der Waals surface area contributed by atoms with Crippen LogP contribution in [0, 0.1) is 0 Å². The van der Waals surface area contributed by atoms with Gasteiger partial charge < -0.3 is 14.8 Å². The van der Waals surface area contributed by atoms with Gasteiger partial charge in [-0.2, -0.15) is 0 Å². The van der Waals surface area contributed by atoms with E-state index in [1.54, 1.807) is 31.4 Å². The van der Waals surface area contributed by atoms with Crippen LogP contribution in [0.3, 0.4) is 0 Å². The van der Waals surface area contributed by atoms with Crippen LogP contribution in [-0.2, 0) is 22.4 Å². The molecule has 0 unspecified atom stereocenters. The molecule has 5 nitrogen and oxygen atoms in total. The average molecular weight is 325 g/mol. The van der Waals surface area contributed by atoms with Gasteiger partial charge in [0.1, 0.15) is 5.75 Å². The van der Waals surface area contributed by atoms with Crippen molar-refractivity contribution in [2.24, 2.45) is 0 Å². The molecule has 0 aromatic heterocycles. The lowest BCUT2D eigenvalue weighted by atomic mass is 10.1. The average Bonchev–Trinajstić information content (AvgIpc) is 3.07. The maximum atomic E-state index is 11.9. The Kier molecular flexibility index (Phi) is 4.79. The molecule has 1 amide bonds. The van der Waals surface area contributed by atoms with Gasteiger partial charge in [0.2, 0.25) is 0 Å². The second kappa shape index (κ2) is 7.17. The molecule has 0 saturated carbocycles. The van der Waals surface area contributed by atoms with E-state index in [0.717, 1.165) is 24.9 Å². The first kappa shape index (κ1) is 16.1. The Balaban J connectivity index is 1.52. The summed E-state index contributed by atoms with van der Waals surface area (Å²) in [5, 5.41) is 2.76. The van der Waals surface area contributed by atoms with Gasteiger partial charge in [-0.05, 0) is 66.8 Å². The van der Waals surface area contributed by atoms with Gasteiger partial charge in [0.05, 0.1) is 12.7 Å². The fraction of sp³-hybridized carbons (Fsp3) is 0.263. The second-order valence-corrected chi connectivity index (χ2v) is 5.69. The van der Waals surface area contributed by atoms with Crippen molar-refractivity contribution in [3.8, 4) is 5.75 Å². The largest absolute Gasteiger partial charge is 0.497 e. The highest BCUT2D eigenvalue weighted by atomic mass is 16.5. The minimum atomic E-state index is -0.540. The Morgan fingerprint density at radius 3 is 2.54 bits per heavy atom. The molecule has 0 aliphatic heterocycles. The molecule has 0 heterocycles. The quantitative estimate of drug-likeness (QED) is 0.858. The van der Waals surface area contributed by atoms with E-state index in [4.69, 9.17) is 9.47 Å². The molecule has 24 heavy (non-hydrogen) atoms. The molecule has 124 valence electrons. The normalized spacial score (nSPS) is 12.4. The summed E-state index contributed by atoms with van der Waals surface area (Å²) in [7, 11) is 1.55. The Bertz CT molecular complexity index is 752. The van der Waals surface area contributed by atoms with Crippen LogP contribution >= 0.6 is 0 Å². The Hall–Kier alpha value is -2.82. The number of aryl methyl sites for hydroxylation is 2. The van der Waals surface area contributed by atoms with Crippen molar-refractivity contribution >= 4 is 17.6 Å². The number of methoxy groups -OCH3 is 1. The number of esters is 1. The molecule has 1 N–H and O–H groups in total. The van der Waals surface area contributed by atoms with Crippen LogP contribution in [-0.4, -0.2) is 25.6 Å². The minimum Gasteiger partial charge on any atom is -0.497 e. The minimum absolute atomic E-state index is 0.318. The molecule has 2 aromatic carbocycles. The molecule has 1 aliphatic rings. The molecular weight excluding hydrogens is 306 g/mol. The molecule has 0 bridgehead atoms. The van der Waals surface area contributed by atoms with Gasteiger partial charge in [0, 0.05) is 5.69 Å². The molecule has 0 saturated heterocycles. The number of carbonyl (C=O) groups excluding carboxylic acids is 2. The molecule has 2 aromatic rings. The van der Waals surface area contributed by atoms with Gasteiger partial charge in [0.15, 0.2) is 6.61 Å². The van der Waals surface area contributed by atoms with Gasteiger partial charge >= 0.3 is 5.97 Å². The number of hydrogen-bond donors (Lipinski definition) is 1. The first-order chi connectivity index (χ1) is 11.7. The van der Waals surface area contributed by atoms with Crippen LogP contribution in [0.2, 0.25) is 0 Å². The Morgan fingerprint density at radius 2 is 1.79 bits per heavy atom. The summed E-state index contributed by atoms with van der Waals surface area (Å²) in [6, 6.07) is 12.4. The fourth-order valence-electron chi connectivity index (χ4n) is 2.79. The highest BCUT2D eigenvalue weighted by Gasteiger charge is 2.13. The van der Waals surface area contributed by atoms with Crippen molar-refractivity contribution in [1.29, 1.82) is 0 Å². The van der Waals surface area contributed by atoms with Gasteiger partial charge in [-0.25, -0.2) is 4.79 Å². The second-order valence-electron chi connectivity index (χ2n) is 5.69. The molecule has 5 heteroatoms. The van der Waals surface area contributed by atoms with Gasteiger partial charge in [-0.3, -0.25) is 4.79 Å². The number of carbonyl (C=O) groups is 2. The number of fused-ring (bicyclic) bond motifs is 1. The van der Waals surface area contributed by atoms with Crippen LogP contribution in [0.5, 0.6) is 5.75 Å². The van der Waals surface area contributed by atoms with Crippen LogP contribution in [0.15, 0.2) is 42.5 Å². The molecule has 0 fully saturated rings. The lowest BCUT2D eigenvalue weighted by molar-refractivity contribution is -0.119. The summed E-state index contributed by atoms with van der Waals surface area (Å²) >= 11 is 0. The summed E-state index contributed by atoms with van der Waals surface area (Å²) in [5.74, 6) is -0.238. The van der Waals surface area contributed by atoms with E-state index in [1.807, 2.05) is 18.2 Å². The fourth-order valence-corrected chi connectivity index (χ4v) is 2.79. The van der Waals surface area contributed by atoms with Crippen LogP contribution in [0.4, 0.5) is 5.69 Å². The maximum absolute atomic E-state index is 11.9. The Morgan fingerprint density at radius 1 is 1.04 bits per heavy atom. The lowest BCUT2D eigenvalue weighted by Gasteiger charge is -2.08. The van der Waals surface area contributed by atoms with E-state index in [2.05, 4.69) is 5.32 Å². The van der Waals surface area contributed by atoms with Crippen molar-refractivity contribution in [1.82, 2.24) is 0 Å². The molecule has 0 spiro atoms. The molecule has 0 atom stereocenters. The van der Waals surface area contributed by atoms with Crippen LogP contribution < -0.4 is 10.1 Å². The summed E-state index contributed by atoms with van der Waals surface area (Å²) in [6.07, 6.45) is 3.31.